The Morgan fingerprint density at radius 2 is 2.47 bits per heavy atom. The van der Waals surface area contributed by atoms with E-state index in [1.807, 2.05) is 18.2 Å². The number of carbonyl (C=O) groups excluding carboxylic acids is 1. The van der Waals surface area contributed by atoms with Crippen molar-refractivity contribution in [2.24, 2.45) is 5.16 Å². The van der Waals surface area contributed by atoms with Gasteiger partial charge in [-0.2, -0.15) is 0 Å². The number of ether oxygens (including phenoxy) is 1. The Morgan fingerprint density at radius 3 is 3.13 bits per heavy atom. The highest BCUT2D eigenvalue weighted by Crippen LogP contribution is 2.15. The molecule has 0 spiro atoms. The summed E-state index contributed by atoms with van der Waals surface area (Å²) in [6.07, 6.45) is 1.51. The molecule has 78 valence electrons. The monoisotopic (exact) mass is 206 g/mol. The zero-order valence-corrected chi connectivity index (χ0v) is 8.21. The van der Waals surface area contributed by atoms with Gasteiger partial charge in [0.05, 0.1) is 12.1 Å². The van der Waals surface area contributed by atoms with Crippen molar-refractivity contribution < 1.29 is 14.4 Å². The van der Waals surface area contributed by atoms with Crippen molar-refractivity contribution in [2.45, 2.75) is 19.6 Å². The van der Waals surface area contributed by atoms with Gasteiger partial charge in [0.2, 0.25) is 0 Å². The quantitative estimate of drug-likeness (QED) is 0.680. The second-order valence-electron chi connectivity index (χ2n) is 3.10. The van der Waals surface area contributed by atoms with Crippen LogP contribution in [0.3, 0.4) is 0 Å². The van der Waals surface area contributed by atoms with Crippen molar-refractivity contribution in [3.8, 4) is 0 Å². The molecule has 1 aromatic rings. The zero-order chi connectivity index (χ0) is 10.7. The Balaban J connectivity index is 2.01. The van der Waals surface area contributed by atoms with E-state index < -0.39 is 6.29 Å². The number of rotatable bonds is 2. The molecular formula is C10H10N2O3. The van der Waals surface area contributed by atoms with E-state index >= 15 is 0 Å². The lowest BCUT2D eigenvalue weighted by molar-refractivity contribution is -0.170. The first-order valence-corrected chi connectivity index (χ1v) is 4.57. The first-order valence-electron chi connectivity index (χ1n) is 4.57. The Hall–Kier alpha value is -1.91. The van der Waals surface area contributed by atoms with Gasteiger partial charge < -0.3 is 9.57 Å². The van der Waals surface area contributed by atoms with Crippen molar-refractivity contribution in [1.29, 1.82) is 0 Å². The molecule has 5 heteroatoms. The van der Waals surface area contributed by atoms with Crippen LogP contribution >= 0.6 is 0 Å². The summed E-state index contributed by atoms with van der Waals surface area (Å²) in [4.78, 5) is 19.7. The van der Waals surface area contributed by atoms with Crippen LogP contribution in [-0.2, 0) is 14.4 Å². The number of hydrogen-bond acceptors (Lipinski definition) is 5. The van der Waals surface area contributed by atoms with Gasteiger partial charge in [0, 0.05) is 13.1 Å². The van der Waals surface area contributed by atoms with Crippen molar-refractivity contribution in [3.63, 3.8) is 0 Å². The lowest BCUT2D eigenvalue weighted by Crippen LogP contribution is -2.16. The van der Waals surface area contributed by atoms with E-state index in [0.717, 1.165) is 5.69 Å². The molecule has 1 aliphatic rings. The van der Waals surface area contributed by atoms with Crippen LogP contribution in [0.25, 0.3) is 0 Å². The van der Waals surface area contributed by atoms with Crippen molar-refractivity contribution >= 4 is 11.7 Å². The number of aromatic nitrogens is 1. The van der Waals surface area contributed by atoms with Gasteiger partial charge >= 0.3 is 5.97 Å². The van der Waals surface area contributed by atoms with E-state index in [2.05, 4.69) is 10.1 Å². The maximum atomic E-state index is 10.7. The van der Waals surface area contributed by atoms with Gasteiger partial charge in [-0.3, -0.25) is 9.78 Å². The third-order valence-corrected chi connectivity index (χ3v) is 1.90. The largest absolute Gasteiger partial charge is 0.423 e. The van der Waals surface area contributed by atoms with E-state index in [4.69, 9.17) is 9.57 Å². The summed E-state index contributed by atoms with van der Waals surface area (Å²) < 4.78 is 4.86. The molecule has 0 saturated heterocycles. The van der Waals surface area contributed by atoms with Gasteiger partial charge in [-0.25, -0.2) is 0 Å². The third-order valence-electron chi connectivity index (χ3n) is 1.90. The molecule has 1 atom stereocenters. The average molecular weight is 206 g/mol. The minimum atomic E-state index is -0.612. The topological polar surface area (TPSA) is 60.8 Å². The van der Waals surface area contributed by atoms with Gasteiger partial charge in [0.15, 0.2) is 0 Å². The van der Waals surface area contributed by atoms with Crippen molar-refractivity contribution in [2.75, 3.05) is 0 Å². The Bertz CT molecular complexity index is 389. The van der Waals surface area contributed by atoms with Crippen LogP contribution in [0.5, 0.6) is 0 Å². The summed E-state index contributed by atoms with van der Waals surface area (Å²) in [6, 6.07) is 5.52. The lowest BCUT2D eigenvalue weighted by Gasteiger charge is -2.06. The van der Waals surface area contributed by atoms with E-state index in [1.165, 1.54) is 6.92 Å². The molecule has 0 N–H and O–H groups in total. The fourth-order valence-electron chi connectivity index (χ4n) is 1.29. The summed E-state index contributed by atoms with van der Waals surface area (Å²) in [6.45, 7) is 1.34. The highest BCUT2D eigenvalue weighted by molar-refractivity contribution is 5.99. The number of oxime groups is 1. The predicted octanol–water partition coefficient (Wildman–Crippen LogP) is 1.10. The van der Waals surface area contributed by atoms with Crippen molar-refractivity contribution in [1.82, 2.24) is 4.98 Å². The first kappa shape index (κ1) is 9.64. The molecular weight excluding hydrogens is 196 g/mol. The second-order valence-corrected chi connectivity index (χ2v) is 3.10. The molecule has 1 aliphatic heterocycles. The molecule has 0 fully saturated rings. The molecule has 2 rings (SSSR count). The molecule has 2 heterocycles. The van der Waals surface area contributed by atoms with E-state index in [-0.39, 0.29) is 5.97 Å². The van der Waals surface area contributed by atoms with Gasteiger partial charge in [-0.15, -0.1) is 0 Å². The minimum absolute atomic E-state index is 0.377. The fourth-order valence-corrected chi connectivity index (χ4v) is 1.29. The number of pyridine rings is 1. The zero-order valence-electron chi connectivity index (χ0n) is 8.21. The van der Waals surface area contributed by atoms with Gasteiger partial charge in [-0.05, 0) is 12.1 Å². The molecule has 0 bridgehead atoms. The smallest absolute Gasteiger partial charge is 0.305 e. The summed E-state index contributed by atoms with van der Waals surface area (Å²) in [5, 5.41) is 3.82. The van der Waals surface area contributed by atoms with Crippen LogP contribution in [0.15, 0.2) is 29.6 Å². The lowest BCUT2D eigenvalue weighted by atomic mass is 10.2. The van der Waals surface area contributed by atoms with Crippen molar-refractivity contribution in [3.05, 3.63) is 30.1 Å². The van der Waals surface area contributed by atoms with Crippen LogP contribution in [0.1, 0.15) is 19.0 Å². The number of esters is 1. The highest BCUT2D eigenvalue weighted by Gasteiger charge is 2.24. The van der Waals surface area contributed by atoms with Crippen LogP contribution in [-0.4, -0.2) is 23.0 Å². The van der Waals surface area contributed by atoms with E-state index in [1.54, 1.807) is 6.20 Å². The van der Waals surface area contributed by atoms with Gasteiger partial charge in [0.1, 0.15) is 5.71 Å². The summed E-state index contributed by atoms with van der Waals surface area (Å²) in [5.41, 5.74) is 1.44. The normalized spacial score (nSPS) is 19.3. The van der Waals surface area contributed by atoms with Crippen LogP contribution in [0.4, 0.5) is 0 Å². The molecule has 1 unspecified atom stereocenters. The molecule has 0 saturated carbocycles. The highest BCUT2D eigenvalue weighted by atomic mass is 16.8. The fraction of sp³-hybridized carbons (Fsp3) is 0.300. The maximum absolute atomic E-state index is 10.7. The summed E-state index contributed by atoms with van der Waals surface area (Å²) >= 11 is 0. The molecule has 1 aromatic heterocycles. The molecule has 5 nitrogen and oxygen atoms in total. The number of hydrogen-bond donors (Lipinski definition) is 0. The second kappa shape index (κ2) is 4.08. The van der Waals surface area contributed by atoms with Crippen LogP contribution in [0, 0.1) is 0 Å². The Morgan fingerprint density at radius 1 is 1.60 bits per heavy atom. The summed E-state index contributed by atoms with van der Waals surface area (Å²) in [5.74, 6) is -0.377. The minimum Gasteiger partial charge on any atom is -0.423 e. The molecule has 15 heavy (non-hydrogen) atoms. The number of carbonyl (C=O) groups is 1. The SMILES string of the molecule is CC(=O)OC1CC(c2ccccn2)=NO1. The standard InChI is InChI=1S/C10H10N2O3/c1-7(13)14-10-6-9(12-15-10)8-4-2-3-5-11-8/h2-5,10H,6H2,1H3. The molecule has 0 amide bonds. The molecule has 0 aliphatic carbocycles. The Kier molecular flexibility index (Phi) is 2.62. The van der Waals surface area contributed by atoms with Crippen LogP contribution in [0.2, 0.25) is 0 Å². The third kappa shape index (κ3) is 2.31. The first-order chi connectivity index (χ1) is 7.25. The van der Waals surface area contributed by atoms with E-state index in [0.29, 0.717) is 12.1 Å². The van der Waals surface area contributed by atoms with E-state index in [9.17, 15) is 4.79 Å². The number of nitrogens with zero attached hydrogens (tertiary/aromatic N) is 2. The summed E-state index contributed by atoms with van der Waals surface area (Å²) in [7, 11) is 0. The Labute approximate surface area is 86.7 Å². The van der Waals surface area contributed by atoms with Crippen LogP contribution < -0.4 is 0 Å². The van der Waals surface area contributed by atoms with Gasteiger partial charge in [-0.1, -0.05) is 11.2 Å². The predicted molar refractivity (Wildman–Crippen MR) is 52.0 cm³/mol. The molecule has 0 aromatic carbocycles. The maximum Gasteiger partial charge on any atom is 0.305 e. The van der Waals surface area contributed by atoms with Gasteiger partial charge in [0.25, 0.3) is 6.29 Å². The average Bonchev–Trinajstić information content (AvgIpc) is 2.67. The molecule has 0 radical (unpaired) electrons.